The van der Waals surface area contributed by atoms with Gasteiger partial charge in [0.15, 0.2) is 0 Å². The molecule has 1 aliphatic rings. The number of rotatable bonds is 2. The first-order valence-electron chi connectivity index (χ1n) is 5.88. The minimum atomic E-state index is -0.226. The van der Waals surface area contributed by atoms with E-state index in [1.54, 1.807) is 17.9 Å². The smallest absolute Gasteiger partial charge is 0.239 e. The average Bonchev–Trinajstić information content (AvgIpc) is 2.37. The summed E-state index contributed by atoms with van der Waals surface area (Å²) in [7, 11) is 0. The molecule has 0 saturated carbocycles. The summed E-state index contributed by atoms with van der Waals surface area (Å²) in [4.78, 5) is 24.5. The van der Waals surface area contributed by atoms with Crippen molar-refractivity contribution in [1.29, 1.82) is 0 Å². The first-order chi connectivity index (χ1) is 8.61. The molecule has 0 radical (unpaired) electrons. The highest BCUT2D eigenvalue weighted by Gasteiger charge is 2.20. The lowest BCUT2D eigenvalue weighted by Gasteiger charge is -2.28. The Morgan fingerprint density at radius 2 is 2.22 bits per heavy atom. The lowest BCUT2D eigenvalue weighted by molar-refractivity contribution is -0.116. The number of hydrogen-bond donors (Lipinski definition) is 1. The molecule has 5 heteroatoms. The van der Waals surface area contributed by atoms with Crippen LogP contribution in [0.15, 0.2) is 18.2 Å². The number of amides is 2. The molecule has 1 aromatic rings. The molecule has 1 N–H and O–H groups in total. The molecule has 0 spiro atoms. The zero-order chi connectivity index (χ0) is 13.1. The van der Waals surface area contributed by atoms with Gasteiger partial charge in [-0.25, -0.2) is 0 Å². The van der Waals surface area contributed by atoms with Gasteiger partial charge in [0.25, 0.3) is 0 Å². The van der Waals surface area contributed by atoms with Gasteiger partial charge in [-0.15, -0.1) is 11.6 Å². The Morgan fingerprint density at radius 3 is 2.89 bits per heavy atom. The lowest BCUT2D eigenvalue weighted by atomic mass is 10.0. The molecule has 0 unspecified atom stereocenters. The van der Waals surface area contributed by atoms with Crippen molar-refractivity contribution in [1.82, 2.24) is 0 Å². The van der Waals surface area contributed by atoms with Gasteiger partial charge in [-0.3, -0.25) is 9.59 Å². The molecule has 4 nitrogen and oxygen atoms in total. The molecule has 0 atom stereocenters. The second-order valence-corrected chi connectivity index (χ2v) is 4.57. The number of anilines is 2. The van der Waals surface area contributed by atoms with Crippen LogP contribution in [0.3, 0.4) is 0 Å². The summed E-state index contributed by atoms with van der Waals surface area (Å²) in [6, 6.07) is 5.58. The maximum Gasteiger partial charge on any atom is 0.239 e. The van der Waals surface area contributed by atoms with E-state index in [1.807, 2.05) is 12.1 Å². The fourth-order valence-corrected chi connectivity index (χ4v) is 2.26. The van der Waals surface area contributed by atoms with Gasteiger partial charge in [-0.1, -0.05) is 0 Å². The average molecular weight is 267 g/mol. The first-order valence-corrected chi connectivity index (χ1v) is 6.42. The minimum absolute atomic E-state index is 0.0495. The Labute approximate surface area is 111 Å². The fraction of sp³-hybridized carbons (Fsp3) is 0.385. The highest BCUT2D eigenvalue weighted by Crippen LogP contribution is 2.29. The Morgan fingerprint density at radius 1 is 1.44 bits per heavy atom. The van der Waals surface area contributed by atoms with E-state index >= 15 is 0 Å². The summed E-state index contributed by atoms with van der Waals surface area (Å²) in [5.74, 6) is -0.235. The fourth-order valence-electron chi connectivity index (χ4n) is 2.20. The third kappa shape index (κ3) is 2.64. The van der Waals surface area contributed by atoms with Gasteiger partial charge in [0.2, 0.25) is 11.8 Å². The third-order valence-electron chi connectivity index (χ3n) is 2.98. The van der Waals surface area contributed by atoms with Gasteiger partial charge in [-0.05, 0) is 36.6 Å². The van der Waals surface area contributed by atoms with Crippen molar-refractivity contribution >= 4 is 34.8 Å². The number of aryl methyl sites for hydroxylation is 1. The topological polar surface area (TPSA) is 49.4 Å². The number of hydrogen-bond acceptors (Lipinski definition) is 2. The quantitative estimate of drug-likeness (QED) is 0.834. The Balaban J connectivity index is 2.26. The summed E-state index contributed by atoms with van der Waals surface area (Å²) in [5.41, 5.74) is 2.76. The number of fused-ring (bicyclic) bond motifs is 1. The van der Waals surface area contributed by atoms with E-state index in [-0.39, 0.29) is 17.7 Å². The molecule has 96 valence electrons. The maximum absolute atomic E-state index is 11.5. The van der Waals surface area contributed by atoms with Crippen molar-refractivity contribution in [3.8, 4) is 0 Å². The molecule has 1 aliphatic heterocycles. The van der Waals surface area contributed by atoms with E-state index in [0.29, 0.717) is 0 Å². The number of carbonyl (C=O) groups is 2. The highest BCUT2D eigenvalue weighted by molar-refractivity contribution is 6.29. The number of benzene rings is 1. The van der Waals surface area contributed by atoms with E-state index < -0.39 is 0 Å². The summed E-state index contributed by atoms with van der Waals surface area (Å²) in [6.07, 6.45) is 1.86. The molecule has 18 heavy (non-hydrogen) atoms. The van der Waals surface area contributed by atoms with Gasteiger partial charge in [0.1, 0.15) is 5.88 Å². The monoisotopic (exact) mass is 266 g/mol. The van der Waals surface area contributed by atoms with Gasteiger partial charge < -0.3 is 10.2 Å². The SMILES string of the molecule is CC(=O)N1CCCc2cc(NC(=O)CCl)ccc21. The predicted molar refractivity (Wildman–Crippen MR) is 72.1 cm³/mol. The van der Waals surface area contributed by atoms with E-state index in [4.69, 9.17) is 11.6 Å². The van der Waals surface area contributed by atoms with E-state index in [9.17, 15) is 9.59 Å². The van der Waals surface area contributed by atoms with Gasteiger partial charge >= 0.3 is 0 Å². The summed E-state index contributed by atoms with van der Waals surface area (Å²) >= 11 is 5.45. The Hall–Kier alpha value is -1.55. The minimum Gasteiger partial charge on any atom is -0.325 e. The summed E-state index contributed by atoms with van der Waals surface area (Å²) in [6.45, 7) is 2.33. The second-order valence-electron chi connectivity index (χ2n) is 4.30. The molecule has 0 fully saturated rings. The molecule has 0 saturated heterocycles. The van der Waals surface area contributed by atoms with E-state index in [0.717, 1.165) is 36.3 Å². The molecule has 0 aromatic heterocycles. The number of halogens is 1. The second kappa shape index (κ2) is 5.40. The maximum atomic E-state index is 11.5. The van der Waals surface area contributed by atoms with Crippen molar-refractivity contribution in [2.75, 3.05) is 22.6 Å². The van der Waals surface area contributed by atoms with Crippen molar-refractivity contribution in [3.05, 3.63) is 23.8 Å². The van der Waals surface area contributed by atoms with Crippen LogP contribution in [-0.2, 0) is 16.0 Å². The van der Waals surface area contributed by atoms with Crippen LogP contribution in [0.1, 0.15) is 18.9 Å². The molecular weight excluding hydrogens is 252 g/mol. The van der Waals surface area contributed by atoms with Gasteiger partial charge in [-0.2, -0.15) is 0 Å². The van der Waals surface area contributed by atoms with Gasteiger partial charge in [0.05, 0.1) is 0 Å². The van der Waals surface area contributed by atoms with Crippen LogP contribution in [0, 0.1) is 0 Å². The number of nitrogens with zero attached hydrogens (tertiary/aromatic N) is 1. The van der Waals surface area contributed by atoms with Crippen LogP contribution in [-0.4, -0.2) is 24.2 Å². The van der Waals surface area contributed by atoms with Crippen LogP contribution in [0.25, 0.3) is 0 Å². The molecule has 2 amide bonds. The van der Waals surface area contributed by atoms with Gasteiger partial charge in [0, 0.05) is 24.8 Å². The standard InChI is InChI=1S/C13H15ClN2O2/c1-9(17)16-6-2-3-10-7-11(4-5-12(10)16)15-13(18)8-14/h4-5,7H,2-3,6,8H2,1H3,(H,15,18). The van der Waals surface area contributed by atoms with E-state index in [2.05, 4.69) is 5.32 Å². The molecule has 0 aliphatic carbocycles. The van der Waals surface area contributed by atoms with Crippen molar-refractivity contribution < 1.29 is 9.59 Å². The highest BCUT2D eigenvalue weighted by atomic mass is 35.5. The zero-order valence-corrected chi connectivity index (χ0v) is 11.0. The number of nitrogens with one attached hydrogen (secondary N) is 1. The first kappa shape index (κ1) is 12.9. The molecule has 2 rings (SSSR count). The molecule has 1 heterocycles. The van der Waals surface area contributed by atoms with Crippen LogP contribution in [0.2, 0.25) is 0 Å². The lowest BCUT2D eigenvalue weighted by Crippen LogP contribution is -2.33. The summed E-state index contributed by atoms with van der Waals surface area (Å²) < 4.78 is 0. The van der Waals surface area contributed by atoms with Crippen LogP contribution in [0.4, 0.5) is 11.4 Å². The number of carbonyl (C=O) groups excluding carboxylic acids is 2. The van der Waals surface area contributed by atoms with Crippen LogP contribution < -0.4 is 10.2 Å². The predicted octanol–water partition coefficient (Wildman–Crippen LogP) is 2.16. The zero-order valence-electron chi connectivity index (χ0n) is 10.2. The van der Waals surface area contributed by atoms with Crippen molar-refractivity contribution in [3.63, 3.8) is 0 Å². The summed E-state index contributed by atoms with van der Waals surface area (Å²) in [5, 5.41) is 2.71. The Bertz CT molecular complexity index is 488. The molecule has 0 bridgehead atoms. The normalized spacial score (nSPS) is 14.0. The number of alkyl halides is 1. The van der Waals surface area contributed by atoms with Crippen molar-refractivity contribution in [2.24, 2.45) is 0 Å². The Kier molecular flexibility index (Phi) is 3.87. The van der Waals surface area contributed by atoms with Crippen LogP contribution in [0.5, 0.6) is 0 Å². The molecule has 1 aromatic carbocycles. The van der Waals surface area contributed by atoms with E-state index in [1.165, 1.54) is 0 Å². The van der Waals surface area contributed by atoms with Crippen molar-refractivity contribution in [2.45, 2.75) is 19.8 Å². The largest absolute Gasteiger partial charge is 0.325 e. The molecular formula is C13H15ClN2O2. The van der Waals surface area contributed by atoms with Crippen LogP contribution >= 0.6 is 11.6 Å². The third-order valence-corrected chi connectivity index (χ3v) is 3.23.